The molecule has 0 saturated carbocycles. The second-order valence-corrected chi connectivity index (χ2v) is 9.31. The van der Waals surface area contributed by atoms with Crippen LogP contribution < -0.4 is 10.6 Å². The van der Waals surface area contributed by atoms with Crippen LogP contribution in [0.15, 0.2) is 32.1 Å². The molecule has 0 bridgehead atoms. The van der Waals surface area contributed by atoms with Crippen molar-refractivity contribution in [2.24, 2.45) is 5.92 Å². The fourth-order valence-corrected chi connectivity index (χ4v) is 4.17. The van der Waals surface area contributed by atoms with E-state index in [0.717, 1.165) is 6.26 Å². The predicted octanol–water partition coefficient (Wildman–Crippen LogP) is 4.15. The Bertz CT molecular complexity index is 1290. The number of oxazole rings is 2. The highest BCUT2D eigenvalue weighted by molar-refractivity contribution is 7.10. The number of thiazole rings is 1. The number of aryl methyl sites for hydroxylation is 1. The Kier molecular flexibility index (Phi) is 8.41. The van der Waals surface area contributed by atoms with Crippen molar-refractivity contribution in [3.63, 3.8) is 0 Å². The van der Waals surface area contributed by atoms with Crippen LogP contribution in [0.4, 0.5) is 0 Å². The second-order valence-electron chi connectivity index (χ2n) is 8.42. The summed E-state index contributed by atoms with van der Waals surface area (Å²) in [6, 6.07) is -0.932. The van der Waals surface area contributed by atoms with Gasteiger partial charge in [-0.25, -0.2) is 19.7 Å². The SMILES string of the molecule is CC=C(C)C(=O)N[C@H](c1nc(-c2nc(C(=O)N[C@@H](C)c3nc(C(=O)OC)co3)c(C)o2)cs1)C(C)C. The number of hydrogen-bond acceptors (Lipinski definition) is 10. The number of nitrogens with one attached hydrogen (secondary N) is 2. The Morgan fingerprint density at radius 3 is 2.50 bits per heavy atom. The Balaban J connectivity index is 1.76. The normalized spacial score (nSPS) is 13.4. The molecule has 0 aliphatic heterocycles. The van der Waals surface area contributed by atoms with E-state index in [-0.39, 0.29) is 41.0 Å². The molecule has 0 unspecified atom stereocenters. The minimum absolute atomic E-state index is 0.00427. The van der Waals surface area contributed by atoms with E-state index in [1.54, 1.807) is 32.2 Å². The van der Waals surface area contributed by atoms with Gasteiger partial charge in [-0.15, -0.1) is 11.3 Å². The molecule has 0 radical (unpaired) electrons. The van der Waals surface area contributed by atoms with Gasteiger partial charge in [-0.3, -0.25) is 9.59 Å². The van der Waals surface area contributed by atoms with E-state index >= 15 is 0 Å². The lowest BCUT2D eigenvalue weighted by Crippen LogP contribution is -2.32. The third-order valence-electron chi connectivity index (χ3n) is 5.40. The van der Waals surface area contributed by atoms with Gasteiger partial charge in [-0.05, 0) is 33.6 Å². The van der Waals surface area contributed by atoms with Gasteiger partial charge in [0.15, 0.2) is 11.4 Å². The summed E-state index contributed by atoms with van der Waals surface area (Å²) in [4.78, 5) is 49.8. The van der Waals surface area contributed by atoms with Crippen LogP contribution in [0.25, 0.3) is 11.6 Å². The minimum Gasteiger partial charge on any atom is -0.464 e. The van der Waals surface area contributed by atoms with Crippen molar-refractivity contribution >= 4 is 29.1 Å². The molecule has 192 valence electrons. The monoisotopic (exact) mass is 515 g/mol. The van der Waals surface area contributed by atoms with E-state index < -0.39 is 17.9 Å². The Hall–Kier alpha value is -3.80. The van der Waals surface area contributed by atoms with Crippen molar-refractivity contribution in [2.45, 2.75) is 53.6 Å². The highest BCUT2D eigenvalue weighted by atomic mass is 32.1. The lowest BCUT2D eigenvalue weighted by Gasteiger charge is -2.20. The third kappa shape index (κ3) is 5.88. The van der Waals surface area contributed by atoms with E-state index in [1.807, 2.05) is 20.8 Å². The first kappa shape index (κ1) is 26.8. The minimum atomic E-state index is -0.641. The summed E-state index contributed by atoms with van der Waals surface area (Å²) >= 11 is 1.38. The van der Waals surface area contributed by atoms with Crippen LogP contribution in [-0.4, -0.2) is 39.8 Å². The average Bonchev–Trinajstić information content (AvgIpc) is 3.60. The number of carbonyl (C=O) groups excluding carboxylic acids is 3. The van der Waals surface area contributed by atoms with E-state index in [9.17, 15) is 14.4 Å². The summed E-state index contributed by atoms with van der Waals surface area (Å²) in [6.45, 7) is 10.8. The van der Waals surface area contributed by atoms with Gasteiger partial charge in [0.05, 0.1) is 13.2 Å². The average molecular weight is 516 g/mol. The Morgan fingerprint density at radius 2 is 1.86 bits per heavy atom. The molecule has 0 spiro atoms. The predicted molar refractivity (Wildman–Crippen MR) is 131 cm³/mol. The standard InChI is InChI=1S/C24H29N5O6S/c1-8-12(4)19(30)28-17(11(2)3)23-27-16(10-36-23)22-29-18(14(6)35-22)20(31)25-13(5)21-26-15(9-34-21)24(32)33-7/h8-11,13,17H,1-7H3,(H,25,31)(H,28,30)/t13-,17-/m0/s1. The molecule has 3 aromatic heterocycles. The molecule has 36 heavy (non-hydrogen) atoms. The number of esters is 1. The summed E-state index contributed by atoms with van der Waals surface area (Å²) in [5.74, 6) is -0.555. The number of hydrogen-bond donors (Lipinski definition) is 2. The molecular weight excluding hydrogens is 486 g/mol. The molecule has 0 aliphatic rings. The first-order valence-corrected chi connectivity index (χ1v) is 12.1. The number of ether oxygens (including phenoxy) is 1. The van der Waals surface area contributed by atoms with Gasteiger partial charge in [0, 0.05) is 11.0 Å². The van der Waals surface area contributed by atoms with Crippen LogP contribution in [0.1, 0.15) is 84.3 Å². The molecule has 12 heteroatoms. The van der Waals surface area contributed by atoms with Gasteiger partial charge < -0.3 is 24.2 Å². The van der Waals surface area contributed by atoms with Gasteiger partial charge in [0.25, 0.3) is 5.91 Å². The summed E-state index contributed by atoms with van der Waals surface area (Å²) in [5.41, 5.74) is 1.17. The fraction of sp³-hybridized carbons (Fsp3) is 0.417. The first-order valence-electron chi connectivity index (χ1n) is 11.3. The van der Waals surface area contributed by atoms with E-state index in [1.165, 1.54) is 18.4 Å². The largest absolute Gasteiger partial charge is 0.464 e. The van der Waals surface area contributed by atoms with E-state index in [0.29, 0.717) is 22.0 Å². The highest BCUT2D eigenvalue weighted by Gasteiger charge is 2.26. The molecule has 0 saturated heterocycles. The maximum atomic E-state index is 12.8. The van der Waals surface area contributed by atoms with Crippen molar-refractivity contribution in [1.82, 2.24) is 25.6 Å². The van der Waals surface area contributed by atoms with Crippen LogP contribution in [0.3, 0.4) is 0 Å². The number of amides is 2. The second kappa shape index (κ2) is 11.3. The number of methoxy groups -OCH3 is 1. The van der Waals surface area contributed by atoms with Gasteiger partial charge >= 0.3 is 5.97 Å². The molecule has 3 rings (SSSR count). The van der Waals surface area contributed by atoms with Crippen molar-refractivity contribution in [3.8, 4) is 11.6 Å². The van der Waals surface area contributed by atoms with Gasteiger partial charge in [-0.1, -0.05) is 19.9 Å². The Labute approximate surface area is 212 Å². The molecule has 3 heterocycles. The number of nitrogens with zero attached hydrogens (tertiary/aromatic N) is 3. The molecule has 3 aromatic rings. The number of aromatic nitrogens is 3. The number of allylic oxidation sites excluding steroid dienone is 1. The van der Waals surface area contributed by atoms with Gasteiger partial charge in [-0.2, -0.15) is 0 Å². The van der Waals surface area contributed by atoms with Crippen LogP contribution in [0.5, 0.6) is 0 Å². The molecule has 0 aromatic carbocycles. The smallest absolute Gasteiger partial charge is 0.360 e. The quantitative estimate of drug-likeness (QED) is 0.316. The summed E-state index contributed by atoms with van der Waals surface area (Å²) in [6.07, 6.45) is 2.92. The molecule has 0 fully saturated rings. The number of carbonyl (C=O) groups is 3. The highest BCUT2D eigenvalue weighted by Crippen LogP contribution is 2.30. The molecule has 11 nitrogen and oxygen atoms in total. The van der Waals surface area contributed by atoms with Crippen molar-refractivity contribution in [3.05, 3.63) is 51.3 Å². The third-order valence-corrected chi connectivity index (χ3v) is 6.33. The zero-order chi connectivity index (χ0) is 26.6. The van der Waals surface area contributed by atoms with Crippen LogP contribution >= 0.6 is 11.3 Å². The molecule has 2 amide bonds. The first-order chi connectivity index (χ1) is 17.0. The van der Waals surface area contributed by atoms with Crippen molar-refractivity contribution in [1.29, 1.82) is 0 Å². The summed E-state index contributed by atoms with van der Waals surface area (Å²) in [5, 5.41) is 8.22. The lowest BCUT2D eigenvalue weighted by molar-refractivity contribution is -0.118. The Morgan fingerprint density at radius 1 is 1.14 bits per heavy atom. The van der Waals surface area contributed by atoms with Gasteiger partial charge in [0.2, 0.25) is 17.7 Å². The molecule has 0 aliphatic carbocycles. The van der Waals surface area contributed by atoms with Crippen LogP contribution in [-0.2, 0) is 9.53 Å². The summed E-state index contributed by atoms with van der Waals surface area (Å²) in [7, 11) is 1.24. The molecule has 2 N–H and O–H groups in total. The van der Waals surface area contributed by atoms with Gasteiger partial charge in [0.1, 0.15) is 28.8 Å². The zero-order valence-electron chi connectivity index (χ0n) is 21.2. The topological polar surface area (TPSA) is 149 Å². The van der Waals surface area contributed by atoms with Crippen molar-refractivity contribution < 1.29 is 28.0 Å². The maximum absolute atomic E-state index is 12.8. The summed E-state index contributed by atoms with van der Waals surface area (Å²) < 4.78 is 15.6. The van der Waals surface area contributed by atoms with E-state index in [2.05, 4.69) is 30.3 Å². The lowest BCUT2D eigenvalue weighted by atomic mass is 10.0. The maximum Gasteiger partial charge on any atom is 0.360 e. The molecule has 2 atom stereocenters. The fourth-order valence-electron chi connectivity index (χ4n) is 3.16. The van der Waals surface area contributed by atoms with Crippen LogP contribution in [0.2, 0.25) is 0 Å². The number of rotatable bonds is 9. The van der Waals surface area contributed by atoms with E-state index in [4.69, 9.17) is 8.83 Å². The van der Waals surface area contributed by atoms with Crippen molar-refractivity contribution in [2.75, 3.05) is 7.11 Å². The zero-order valence-corrected chi connectivity index (χ0v) is 22.0. The molecular formula is C24H29N5O6S. The van der Waals surface area contributed by atoms with Crippen LogP contribution in [0, 0.1) is 12.8 Å².